The second-order valence-corrected chi connectivity index (χ2v) is 6.56. The van der Waals surface area contributed by atoms with Gasteiger partial charge in [-0.15, -0.1) is 0 Å². The van der Waals surface area contributed by atoms with Crippen molar-refractivity contribution in [3.8, 4) is 0 Å². The SMILES string of the molecule is CC(C)[C@H](N)C(=O)NCC(=O)NCC1CCCC(C(F)(F)F)C1. The maximum atomic E-state index is 12.7. The van der Waals surface area contributed by atoms with Crippen molar-refractivity contribution in [3.05, 3.63) is 0 Å². The largest absolute Gasteiger partial charge is 0.391 e. The summed E-state index contributed by atoms with van der Waals surface area (Å²) >= 11 is 0. The van der Waals surface area contributed by atoms with Gasteiger partial charge in [0, 0.05) is 6.54 Å². The Hall–Kier alpha value is -1.31. The minimum Gasteiger partial charge on any atom is -0.354 e. The van der Waals surface area contributed by atoms with Gasteiger partial charge in [0.2, 0.25) is 11.8 Å². The van der Waals surface area contributed by atoms with Crippen molar-refractivity contribution >= 4 is 11.8 Å². The molecular formula is C15H26F3N3O2. The third-order valence-electron chi connectivity index (χ3n) is 4.28. The fourth-order valence-electron chi connectivity index (χ4n) is 2.68. The first-order chi connectivity index (χ1) is 10.6. The Labute approximate surface area is 134 Å². The van der Waals surface area contributed by atoms with Crippen LogP contribution in [0.3, 0.4) is 0 Å². The first kappa shape index (κ1) is 19.7. The number of rotatable bonds is 6. The van der Waals surface area contributed by atoms with E-state index in [1.807, 2.05) is 0 Å². The Morgan fingerprint density at radius 1 is 1.22 bits per heavy atom. The molecule has 4 N–H and O–H groups in total. The normalized spacial score (nSPS) is 23.4. The standard InChI is InChI=1S/C15H26F3N3O2/c1-9(2)13(19)14(23)21-8-12(22)20-7-10-4-3-5-11(6-10)15(16,17)18/h9-11,13H,3-8,19H2,1-2H3,(H,20,22)(H,21,23)/t10?,11?,13-/m0/s1. The van der Waals surface area contributed by atoms with Crippen LogP contribution in [0, 0.1) is 17.8 Å². The summed E-state index contributed by atoms with van der Waals surface area (Å²) in [5, 5.41) is 5.01. The number of carbonyl (C=O) groups excluding carboxylic acids is 2. The lowest BCUT2D eigenvalue weighted by molar-refractivity contribution is -0.185. The molecule has 134 valence electrons. The molecule has 5 nitrogen and oxygen atoms in total. The van der Waals surface area contributed by atoms with Crippen LogP contribution < -0.4 is 16.4 Å². The van der Waals surface area contributed by atoms with E-state index < -0.39 is 30.0 Å². The molecule has 0 aromatic heterocycles. The monoisotopic (exact) mass is 337 g/mol. The van der Waals surface area contributed by atoms with Crippen molar-refractivity contribution in [3.63, 3.8) is 0 Å². The number of nitrogens with two attached hydrogens (primary N) is 1. The molecule has 1 saturated carbocycles. The Morgan fingerprint density at radius 2 is 1.87 bits per heavy atom. The van der Waals surface area contributed by atoms with Gasteiger partial charge < -0.3 is 16.4 Å². The third-order valence-corrected chi connectivity index (χ3v) is 4.28. The summed E-state index contributed by atoms with van der Waals surface area (Å²) in [6, 6.07) is -0.686. The number of nitrogens with one attached hydrogen (secondary N) is 2. The Bertz CT molecular complexity index is 413. The van der Waals surface area contributed by atoms with E-state index in [-0.39, 0.29) is 37.8 Å². The molecule has 0 aromatic rings. The van der Waals surface area contributed by atoms with E-state index in [4.69, 9.17) is 5.73 Å². The fraction of sp³-hybridized carbons (Fsp3) is 0.867. The summed E-state index contributed by atoms with van der Waals surface area (Å²) in [5.41, 5.74) is 5.64. The molecule has 23 heavy (non-hydrogen) atoms. The van der Waals surface area contributed by atoms with Crippen LogP contribution in [-0.2, 0) is 9.59 Å². The molecule has 1 fully saturated rings. The molecule has 0 saturated heterocycles. The van der Waals surface area contributed by atoms with E-state index in [1.54, 1.807) is 13.8 Å². The lowest BCUT2D eigenvalue weighted by Crippen LogP contribution is -2.47. The fourth-order valence-corrected chi connectivity index (χ4v) is 2.68. The van der Waals surface area contributed by atoms with Crippen LogP contribution >= 0.6 is 0 Å². The molecule has 0 aromatic carbocycles. The summed E-state index contributed by atoms with van der Waals surface area (Å²) in [5.74, 6) is -2.32. The van der Waals surface area contributed by atoms with Crippen molar-refractivity contribution in [2.75, 3.05) is 13.1 Å². The molecular weight excluding hydrogens is 311 g/mol. The minimum atomic E-state index is -4.16. The van der Waals surface area contributed by atoms with Crippen LogP contribution in [0.2, 0.25) is 0 Å². The third kappa shape index (κ3) is 6.76. The summed E-state index contributed by atoms with van der Waals surface area (Å²) in [6.07, 6.45) is -2.75. The smallest absolute Gasteiger partial charge is 0.354 e. The van der Waals surface area contributed by atoms with Crippen molar-refractivity contribution in [1.29, 1.82) is 0 Å². The molecule has 0 bridgehead atoms. The van der Waals surface area contributed by atoms with Crippen LogP contribution in [0.25, 0.3) is 0 Å². The highest BCUT2D eigenvalue weighted by Crippen LogP contribution is 2.39. The zero-order chi connectivity index (χ0) is 17.6. The zero-order valence-electron chi connectivity index (χ0n) is 13.6. The highest BCUT2D eigenvalue weighted by molar-refractivity contribution is 5.87. The van der Waals surface area contributed by atoms with Gasteiger partial charge in [-0.05, 0) is 31.1 Å². The molecule has 0 aliphatic heterocycles. The highest BCUT2D eigenvalue weighted by Gasteiger charge is 2.42. The van der Waals surface area contributed by atoms with Crippen molar-refractivity contribution in [1.82, 2.24) is 10.6 Å². The van der Waals surface area contributed by atoms with E-state index in [2.05, 4.69) is 10.6 Å². The van der Waals surface area contributed by atoms with Crippen LogP contribution in [0.15, 0.2) is 0 Å². The van der Waals surface area contributed by atoms with Gasteiger partial charge in [-0.2, -0.15) is 13.2 Å². The number of hydrogen-bond acceptors (Lipinski definition) is 3. The van der Waals surface area contributed by atoms with Crippen LogP contribution in [0.4, 0.5) is 13.2 Å². The average Bonchev–Trinajstić information content (AvgIpc) is 2.49. The van der Waals surface area contributed by atoms with Gasteiger partial charge in [0.25, 0.3) is 0 Å². The van der Waals surface area contributed by atoms with Gasteiger partial charge in [0.15, 0.2) is 0 Å². The lowest BCUT2D eigenvalue weighted by atomic mass is 9.81. The van der Waals surface area contributed by atoms with Crippen LogP contribution in [0.1, 0.15) is 39.5 Å². The first-order valence-corrected chi connectivity index (χ1v) is 7.98. The van der Waals surface area contributed by atoms with E-state index in [1.165, 1.54) is 0 Å². The molecule has 1 aliphatic carbocycles. The summed E-state index contributed by atoms with van der Waals surface area (Å²) in [4.78, 5) is 23.3. The predicted molar refractivity (Wildman–Crippen MR) is 80.3 cm³/mol. The molecule has 1 aliphatic rings. The van der Waals surface area contributed by atoms with Crippen LogP contribution in [-0.4, -0.2) is 37.1 Å². The molecule has 2 amide bonds. The first-order valence-electron chi connectivity index (χ1n) is 7.98. The summed E-state index contributed by atoms with van der Waals surface area (Å²) in [7, 11) is 0. The maximum Gasteiger partial charge on any atom is 0.391 e. The Balaban J connectivity index is 2.29. The van der Waals surface area contributed by atoms with Crippen molar-refractivity contribution < 1.29 is 22.8 Å². The quantitative estimate of drug-likeness (QED) is 0.688. The minimum absolute atomic E-state index is 0.0420. The number of hydrogen-bond donors (Lipinski definition) is 3. The number of alkyl halides is 3. The molecule has 0 spiro atoms. The Morgan fingerprint density at radius 3 is 2.43 bits per heavy atom. The van der Waals surface area contributed by atoms with Gasteiger partial charge in [-0.3, -0.25) is 9.59 Å². The van der Waals surface area contributed by atoms with Crippen molar-refractivity contribution in [2.45, 2.75) is 51.7 Å². The summed E-state index contributed by atoms with van der Waals surface area (Å²) < 4.78 is 38.2. The van der Waals surface area contributed by atoms with Crippen LogP contribution in [0.5, 0.6) is 0 Å². The van der Waals surface area contributed by atoms with Gasteiger partial charge in [-0.1, -0.05) is 20.3 Å². The predicted octanol–water partition coefficient (Wildman–Crippen LogP) is 1.57. The van der Waals surface area contributed by atoms with E-state index in [0.29, 0.717) is 12.8 Å². The molecule has 2 unspecified atom stereocenters. The zero-order valence-corrected chi connectivity index (χ0v) is 13.6. The lowest BCUT2D eigenvalue weighted by Gasteiger charge is -2.30. The second kappa shape index (κ2) is 8.52. The van der Waals surface area contributed by atoms with E-state index in [0.717, 1.165) is 0 Å². The number of amides is 2. The van der Waals surface area contributed by atoms with Crippen molar-refractivity contribution in [2.24, 2.45) is 23.5 Å². The van der Waals surface area contributed by atoms with E-state index >= 15 is 0 Å². The second-order valence-electron chi connectivity index (χ2n) is 6.56. The molecule has 8 heteroatoms. The molecule has 3 atom stereocenters. The average molecular weight is 337 g/mol. The molecule has 0 radical (unpaired) electrons. The number of halogens is 3. The highest BCUT2D eigenvalue weighted by atomic mass is 19.4. The number of carbonyl (C=O) groups is 2. The molecule has 0 heterocycles. The topological polar surface area (TPSA) is 84.2 Å². The maximum absolute atomic E-state index is 12.7. The van der Waals surface area contributed by atoms with Gasteiger partial charge in [0.05, 0.1) is 18.5 Å². The van der Waals surface area contributed by atoms with E-state index in [9.17, 15) is 22.8 Å². The summed E-state index contributed by atoms with van der Waals surface area (Å²) in [6.45, 7) is 3.58. The van der Waals surface area contributed by atoms with Gasteiger partial charge >= 0.3 is 6.18 Å². The van der Waals surface area contributed by atoms with Gasteiger partial charge in [0.1, 0.15) is 0 Å². The Kier molecular flexibility index (Phi) is 7.31. The van der Waals surface area contributed by atoms with Gasteiger partial charge in [-0.25, -0.2) is 0 Å². The molecule has 1 rings (SSSR count).